The lowest BCUT2D eigenvalue weighted by atomic mass is 9.85. The number of aliphatic carboxylic acids is 1. The molecule has 1 saturated carbocycles. The highest BCUT2D eigenvalue weighted by Gasteiger charge is 2.59. The Kier molecular flexibility index (Phi) is 3.69. The van der Waals surface area contributed by atoms with Crippen molar-refractivity contribution in [1.82, 2.24) is 4.90 Å². The van der Waals surface area contributed by atoms with E-state index < -0.39 is 12.0 Å². The maximum absolute atomic E-state index is 12.9. The van der Waals surface area contributed by atoms with Gasteiger partial charge in [0.15, 0.2) is 0 Å². The van der Waals surface area contributed by atoms with Gasteiger partial charge in [0.25, 0.3) is 5.91 Å². The van der Waals surface area contributed by atoms with E-state index in [0.717, 1.165) is 6.42 Å². The second-order valence-corrected chi connectivity index (χ2v) is 8.05. The molecule has 7 heteroatoms. The summed E-state index contributed by atoms with van der Waals surface area (Å²) in [6.45, 7) is 0.416. The molecule has 1 aromatic rings. The molecule has 0 spiro atoms. The lowest BCUT2D eigenvalue weighted by Gasteiger charge is -2.22. The summed E-state index contributed by atoms with van der Waals surface area (Å²) >= 11 is 0. The van der Waals surface area contributed by atoms with Crippen LogP contribution >= 0.6 is 0 Å². The Bertz CT molecular complexity index is 891. The van der Waals surface area contributed by atoms with Crippen molar-refractivity contribution in [3.05, 3.63) is 42.0 Å². The summed E-state index contributed by atoms with van der Waals surface area (Å²) in [5, 5.41) is 9.27. The lowest BCUT2D eigenvalue weighted by molar-refractivity contribution is -0.141. The zero-order valence-corrected chi connectivity index (χ0v) is 15.2. The first-order valence-corrected chi connectivity index (χ1v) is 9.67. The van der Waals surface area contributed by atoms with Gasteiger partial charge in [0.05, 0.1) is 17.5 Å². The highest BCUT2D eigenvalue weighted by atomic mass is 16.4. The van der Waals surface area contributed by atoms with E-state index in [9.17, 15) is 24.3 Å². The van der Waals surface area contributed by atoms with E-state index >= 15 is 0 Å². The Hall–Kier alpha value is -2.96. The van der Waals surface area contributed by atoms with Gasteiger partial charge in [-0.1, -0.05) is 12.2 Å². The van der Waals surface area contributed by atoms with Crippen LogP contribution in [0.2, 0.25) is 0 Å². The largest absolute Gasteiger partial charge is 0.480 e. The average Bonchev–Trinajstić information content (AvgIpc) is 3.45. The molecular weight excluding hydrogens is 360 g/mol. The highest BCUT2D eigenvalue weighted by Crippen LogP contribution is 2.53. The van der Waals surface area contributed by atoms with Crippen LogP contribution in [-0.2, 0) is 14.4 Å². The summed E-state index contributed by atoms with van der Waals surface area (Å²) in [5.41, 5.74) is 0.828. The highest BCUT2D eigenvalue weighted by molar-refractivity contribution is 6.22. The van der Waals surface area contributed by atoms with Crippen molar-refractivity contribution >= 4 is 29.4 Å². The number of imide groups is 1. The van der Waals surface area contributed by atoms with Gasteiger partial charge in [-0.05, 0) is 55.4 Å². The number of carbonyl (C=O) groups excluding carboxylic acids is 3. The van der Waals surface area contributed by atoms with Crippen LogP contribution < -0.4 is 4.90 Å². The number of carboxylic acid groups (broad SMARTS) is 1. The fraction of sp³-hybridized carbons (Fsp3) is 0.429. The van der Waals surface area contributed by atoms with Crippen molar-refractivity contribution in [3.8, 4) is 0 Å². The zero-order valence-electron chi connectivity index (χ0n) is 15.2. The number of hydrogen-bond acceptors (Lipinski definition) is 4. The number of rotatable bonds is 3. The summed E-state index contributed by atoms with van der Waals surface area (Å²) in [6, 6.07) is 5.54. The number of carbonyl (C=O) groups is 4. The van der Waals surface area contributed by atoms with Crippen LogP contribution in [0.1, 0.15) is 29.6 Å². The molecule has 3 amide bonds. The third kappa shape index (κ3) is 2.28. The first-order valence-electron chi connectivity index (χ1n) is 9.67. The predicted molar refractivity (Wildman–Crippen MR) is 98.3 cm³/mol. The number of amides is 3. The van der Waals surface area contributed by atoms with Crippen molar-refractivity contribution in [3.63, 3.8) is 0 Å². The molecular formula is C21H20N2O5. The third-order valence-electron chi connectivity index (χ3n) is 6.64. The topological polar surface area (TPSA) is 95.0 Å². The quantitative estimate of drug-likeness (QED) is 0.636. The van der Waals surface area contributed by atoms with Gasteiger partial charge in [0.1, 0.15) is 6.04 Å². The molecule has 4 aliphatic rings. The molecule has 1 aromatic carbocycles. The number of allylic oxidation sites excluding steroid dienone is 2. The summed E-state index contributed by atoms with van der Waals surface area (Å²) in [6.07, 6.45) is 6.11. The first kappa shape index (κ1) is 17.2. The molecule has 2 heterocycles. The molecule has 2 aliphatic heterocycles. The summed E-state index contributed by atoms with van der Waals surface area (Å²) in [7, 11) is 0. The fourth-order valence-corrected chi connectivity index (χ4v) is 5.34. The van der Waals surface area contributed by atoms with Gasteiger partial charge in [-0.15, -0.1) is 0 Å². The Morgan fingerprint density at radius 2 is 1.57 bits per heavy atom. The summed E-state index contributed by atoms with van der Waals surface area (Å²) in [4.78, 5) is 52.4. The number of hydrogen-bond donors (Lipinski definition) is 1. The van der Waals surface area contributed by atoms with Crippen molar-refractivity contribution in [2.24, 2.45) is 23.7 Å². The van der Waals surface area contributed by atoms with Crippen LogP contribution in [0, 0.1) is 23.7 Å². The summed E-state index contributed by atoms with van der Waals surface area (Å²) < 4.78 is 0. The van der Waals surface area contributed by atoms with Crippen LogP contribution in [0.25, 0.3) is 0 Å². The van der Waals surface area contributed by atoms with Crippen molar-refractivity contribution < 1.29 is 24.3 Å². The van der Waals surface area contributed by atoms with E-state index in [0.29, 0.717) is 30.6 Å². The molecule has 28 heavy (non-hydrogen) atoms. The zero-order chi connectivity index (χ0) is 19.6. The van der Waals surface area contributed by atoms with E-state index in [2.05, 4.69) is 12.2 Å². The number of fused-ring (bicyclic) bond motifs is 5. The van der Waals surface area contributed by atoms with Crippen LogP contribution in [0.4, 0.5) is 5.69 Å². The standard InChI is InChI=1S/C21H20N2O5/c24-18(22-9-1-2-15(22)21(27)28)11-5-7-14(8-6-11)23-19(25)16-12-3-4-13(10-12)17(16)20(23)26/h3-8,12-13,15-17H,1-2,9-10H2,(H,27,28)/t12-,13+,15-,16+,17-/m0/s1. The molecule has 2 saturated heterocycles. The Balaban J connectivity index is 1.37. The van der Waals surface area contributed by atoms with Gasteiger partial charge in [0.2, 0.25) is 11.8 Å². The minimum Gasteiger partial charge on any atom is -0.480 e. The van der Waals surface area contributed by atoms with Crippen LogP contribution in [0.3, 0.4) is 0 Å². The second kappa shape index (κ2) is 6.02. The number of anilines is 1. The van der Waals surface area contributed by atoms with Crippen LogP contribution in [0.15, 0.2) is 36.4 Å². The van der Waals surface area contributed by atoms with E-state index in [1.54, 1.807) is 24.3 Å². The van der Waals surface area contributed by atoms with Gasteiger partial charge < -0.3 is 10.0 Å². The normalized spacial score (nSPS) is 33.1. The van der Waals surface area contributed by atoms with E-state index in [-0.39, 0.29) is 41.4 Å². The minimum atomic E-state index is -0.995. The predicted octanol–water partition coefficient (Wildman–Crippen LogP) is 1.69. The molecule has 1 N–H and O–H groups in total. The molecule has 0 unspecified atom stereocenters. The molecule has 3 fully saturated rings. The number of carboxylic acids is 1. The molecule has 144 valence electrons. The number of nitrogens with zero attached hydrogens (tertiary/aromatic N) is 2. The summed E-state index contributed by atoms with van der Waals surface area (Å²) in [5.74, 6) is -1.86. The molecule has 2 bridgehead atoms. The van der Waals surface area contributed by atoms with Crippen LogP contribution in [0.5, 0.6) is 0 Å². The third-order valence-corrected chi connectivity index (χ3v) is 6.64. The van der Waals surface area contributed by atoms with Gasteiger partial charge in [-0.2, -0.15) is 0 Å². The lowest BCUT2D eigenvalue weighted by Crippen LogP contribution is -2.40. The first-order chi connectivity index (χ1) is 13.5. The minimum absolute atomic E-state index is 0.153. The monoisotopic (exact) mass is 380 g/mol. The molecule has 2 aliphatic carbocycles. The molecule has 7 nitrogen and oxygen atoms in total. The van der Waals surface area contributed by atoms with Crippen molar-refractivity contribution in [2.45, 2.75) is 25.3 Å². The Morgan fingerprint density at radius 3 is 2.14 bits per heavy atom. The second-order valence-electron chi connectivity index (χ2n) is 8.05. The van der Waals surface area contributed by atoms with Crippen molar-refractivity contribution in [1.29, 1.82) is 0 Å². The van der Waals surface area contributed by atoms with Gasteiger partial charge in [-0.25, -0.2) is 4.79 Å². The molecule has 5 atom stereocenters. The van der Waals surface area contributed by atoms with E-state index in [1.165, 1.54) is 9.80 Å². The maximum Gasteiger partial charge on any atom is 0.326 e. The SMILES string of the molecule is O=C(O)[C@@H]1CCCN1C(=O)c1ccc(N2C(=O)[C@@H]3[C@H](C2=O)[C@H]2C=C[C@@H]3C2)cc1. The Morgan fingerprint density at radius 1 is 0.964 bits per heavy atom. The van der Waals surface area contributed by atoms with E-state index in [1.807, 2.05) is 0 Å². The average molecular weight is 380 g/mol. The smallest absolute Gasteiger partial charge is 0.326 e. The fourth-order valence-electron chi connectivity index (χ4n) is 5.34. The Labute approximate surface area is 161 Å². The molecule has 0 radical (unpaired) electrons. The van der Waals surface area contributed by atoms with Gasteiger partial charge in [-0.3, -0.25) is 19.3 Å². The van der Waals surface area contributed by atoms with E-state index in [4.69, 9.17) is 0 Å². The number of benzene rings is 1. The number of likely N-dealkylation sites (tertiary alicyclic amines) is 1. The van der Waals surface area contributed by atoms with Gasteiger partial charge >= 0.3 is 5.97 Å². The molecule has 5 rings (SSSR count). The van der Waals surface area contributed by atoms with Gasteiger partial charge in [0, 0.05) is 12.1 Å². The maximum atomic E-state index is 12.9. The molecule has 0 aromatic heterocycles. The van der Waals surface area contributed by atoms with Crippen LogP contribution in [-0.4, -0.2) is 46.3 Å². The van der Waals surface area contributed by atoms with Crippen molar-refractivity contribution in [2.75, 3.05) is 11.4 Å².